The third kappa shape index (κ3) is 2.84. The highest BCUT2D eigenvalue weighted by Crippen LogP contribution is 2.29. The molecule has 1 saturated heterocycles. The quantitative estimate of drug-likeness (QED) is 0.772. The van der Waals surface area contributed by atoms with E-state index >= 15 is 0 Å². The SMILES string of the molecule is CNc1cc(C)nc(C2CCN(C(=O)c3n[nH]c4ccccc34)C2)c1. The number of fused-ring (bicyclic) bond motifs is 1. The molecule has 0 radical (unpaired) electrons. The normalized spacial score (nSPS) is 17.2. The number of pyridine rings is 1. The summed E-state index contributed by atoms with van der Waals surface area (Å²) < 4.78 is 0. The minimum Gasteiger partial charge on any atom is -0.388 e. The van der Waals surface area contributed by atoms with Gasteiger partial charge in [-0.1, -0.05) is 18.2 Å². The van der Waals surface area contributed by atoms with E-state index < -0.39 is 0 Å². The van der Waals surface area contributed by atoms with Gasteiger partial charge < -0.3 is 10.2 Å². The van der Waals surface area contributed by atoms with Crippen molar-refractivity contribution >= 4 is 22.5 Å². The van der Waals surface area contributed by atoms with E-state index in [0.29, 0.717) is 12.2 Å². The molecule has 25 heavy (non-hydrogen) atoms. The number of carbonyl (C=O) groups excluding carboxylic acids is 1. The maximum atomic E-state index is 12.9. The summed E-state index contributed by atoms with van der Waals surface area (Å²) in [6.45, 7) is 3.41. The van der Waals surface area contributed by atoms with Gasteiger partial charge >= 0.3 is 0 Å². The van der Waals surface area contributed by atoms with Gasteiger partial charge in [0.15, 0.2) is 5.69 Å². The lowest BCUT2D eigenvalue weighted by Crippen LogP contribution is -2.29. The number of para-hydroxylation sites is 1. The van der Waals surface area contributed by atoms with Gasteiger partial charge in [0, 0.05) is 48.5 Å². The van der Waals surface area contributed by atoms with E-state index in [9.17, 15) is 4.79 Å². The molecule has 0 spiro atoms. The first kappa shape index (κ1) is 15.6. The lowest BCUT2D eigenvalue weighted by molar-refractivity contribution is 0.0786. The Morgan fingerprint density at radius 1 is 1.32 bits per heavy atom. The number of hydrogen-bond acceptors (Lipinski definition) is 4. The average Bonchev–Trinajstić information content (AvgIpc) is 3.28. The first-order valence-electron chi connectivity index (χ1n) is 8.54. The number of H-pyrrole nitrogens is 1. The van der Waals surface area contributed by atoms with Gasteiger partial charge in [-0.25, -0.2) is 0 Å². The van der Waals surface area contributed by atoms with Crippen molar-refractivity contribution < 1.29 is 4.79 Å². The molecule has 1 aliphatic heterocycles. The molecule has 2 aromatic heterocycles. The van der Waals surface area contributed by atoms with Gasteiger partial charge in [0.25, 0.3) is 5.91 Å². The molecular formula is C19H21N5O. The first-order valence-corrected chi connectivity index (χ1v) is 8.54. The fourth-order valence-electron chi connectivity index (χ4n) is 3.51. The zero-order valence-electron chi connectivity index (χ0n) is 14.4. The molecule has 4 rings (SSSR count). The highest BCUT2D eigenvalue weighted by Gasteiger charge is 2.30. The summed E-state index contributed by atoms with van der Waals surface area (Å²) in [5.74, 6) is 0.252. The summed E-state index contributed by atoms with van der Waals surface area (Å²) in [7, 11) is 1.91. The summed E-state index contributed by atoms with van der Waals surface area (Å²) in [5.41, 5.74) is 4.49. The van der Waals surface area contributed by atoms with Crippen molar-refractivity contribution in [3.63, 3.8) is 0 Å². The molecule has 128 valence electrons. The number of amides is 1. The Morgan fingerprint density at radius 3 is 3.00 bits per heavy atom. The molecule has 1 aromatic carbocycles. The van der Waals surface area contributed by atoms with Crippen LogP contribution in [0.3, 0.4) is 0 Å². The molecule has 1 amide bonds. The minimum absolute atomic E-state index is 0.0126. The molecule has 1 atom stereocenters. The second-order valence-electron chi connectivity index (χ2n) is 6.53. The third-order valence-electron chi connectivity index (χ3n) is 4.83. The van der Waals surface area contributed by atoms with Crippen molar-refractivity contribution in [1.29, 1.82) is 0 Å². The standard InChI is InChI=1S/C19H21N5O/c1-12-9-14(20-2)10-17(21-12)13-7-8-24(11-13)19(25)18-15-5-3-4-6-16(15)22-23-18/h3-6,9-10,13H,7-8,11H2,1-2H3,(H,20,21)(H,22,23). The number of aromatic amines is 1. The van der Waals surface area contributed by atoms with Crippen LogP contribution in [-0.2, 0) is 0 Å². The number of carbonyl (C=O) groups is 1. The van der Waals surface area contributed by atoms with Crippen LogP contribution in [0.4, 0.5) is 5.69 Å². The molecule has 2 N–H and O–H groups in total. The van der Waals surface area contributed by atoms with Gasteiger partial charge in [-0.05, 0) is 31.5 Å². The largest absolute Gasteiger partial charge is 0.388 e. The summed E-state index contributed by atoms with van der Waals surface area (Å²) in [6, 6.07) is 11.8. The highest BCUT2D eigenvalue weighted by atomic mass is 16.2. The summed E-state index contributed by atoms with van der Waals surface area (Å²) in [5, 5.41) is 11.2. The molecule has 3 aromatic rings. The zero-order valence-corrected chi connectivity index (χ0v) is 14.4. The molecule has 1 unspecified atom stereocenters. The number of rotatable bonds is 3. The van der Waals surface area contributed by atoms with Gasteiger partial charge in [0.2, 0.25) is 0 Å². The van der Waals surface area contributed by atoms with E-state index in [2.05, 4.69) is 26.6 Å². The average molecular weight is 335 g/mol. The van der Waals surface area contributed by atoms with Gasteiger partial charge in [-0.15, -0.1) is 0 Å². The fraction of sp³-hybridized carbons (Fsp3) is 0.316. The van der Waals surface area contributed by atoms with E-state index in [1.54, 1.807) is 0 Å². The predicted octanol–water partition coefficient (Wildman–Crippen LogP) is 2.94. The van der Waals surface area contributed by atoms with Crippen LogP contribution in [0, 0.1) is 6.92 Å². The Bertz CT molecular complexity index is 932. The van der Waals surface area contributed by atoms with E-state index in [1.165, 1.54) is 0 Å². The lowest BCUT2D eigenvalue weighted by atomic mass is 10.0. The van der Waals surface area contributed by atoms with Crippen molar-refractivity contribution in [3.05, 3.63) is 53.5 Å². The monoisotopic (exact) mass is 335 g/mol. The molecule has 0 bridgehead atoms. The van der Waals surface area contributed by atoms with Crippen LogP contribution >= 0.6 is 0 Å². The number of nitrogens with one attached hydrogen (secondary N) is 2. The maximum Gasteiger partial charge on any atom is 0.275 e. The Morgan fingerprint density at radius 2 is 2.16 bits per heavy atom. The van der Waals surface area contributed by atoms with Gasteiger partial charge in [0.05, 0.1) is 5.52 Å². The molecular weight excluding hydrogens is 314 g/mol. The van der Waals surface area contributed by atoms with Crippen LogP contribution in [0.5, 0.6) is 0 Å². The van der Waals surface area contributed by atoms with Crippen LogP contribution < -0.4 is 5.32 Å². The molecule has 0 saturated carbocycles. The molecule has 0 aliphatic carbocycles. The van der Waals surface area contributed by atoms with Crippen molar-refractivity contribution in [2.24, 2.45) is 0 Å². The van der Waals surface area contributed by atoms with Gasteiger partial charge in [-0.3, -0.25) is 14.9 Å². The maximum absolute atomic E-state index is 12.9. The fourth-order valence-corrected chi connectivity index (χ4v) is 3.51. The number of likely N-dealkylation sites (tertiary alicyclic amines) is 1. The van der Waals surface area contributed by atoms with Crippen molar-refractivity contribution in [1.82, 2.24) is 20.1 Å². The first-order chi connectivity index (χ1) is 12.2. The smallest absolute Gasteiger partial charge is 0.275 e. The van der Waals surface area contributed by atoms with Gasteiger partial charge in [-0.2, -0.15) is 5.10 Å². The summed E-state index contributed by atoms with van der Waals surface area (Å²) >= 11 is 0. The van der Waals surface area contributed by atoms with Crippen LogP contribution in [-0.4, -0.2) is 46.1 Å². The summed E-state index contributed by atoms with van der Waals surface area (Å²) in [6.07, 6.45) is 0.924. The highest BCUT2D eigenvalue weighted by molar-refractivity contribution is 6.04. The summed E-state index contributed by atoms with van der Waals surface area (Å²) in [4.78, 5) is 19.5. The van der Waals surface area contributed by atoms with Crippen molar-refractivity contribution in [3.8, 4) is 0 Å². The van der Waals surface area contributed by atoms with Gasteiger partial charge in [0.1, 0.15) is 0 Å². The van der Waals surface area contributed by atoms with Crippen LogP contribution in [0.15, 0.2) is 36.4 Å². The minimum atomic E-state index is -0.0126. The molecule has 6 heteroatoms. The Kier molecular flexibility index (Phi) is 3.87. The van der Waals surface area contributed by atoms with Crippen LogP contribution in [0.2, 0.25) is 0 Å². The number of anilines is 1. The van der Waals surface area contributed by atoms with E-state index in [-0.39, 0.29) is 11.8 Å². The molecule has 1 aliphatic rings. The Labute approximate surface area is 146 Å². The number of nitrogens with zero attached hydrogens (tertiary/aromatic N) is 3. The van der Waals surface area contributed by atoms with Crippen LogP contribution in [0.1, 0.15) is 34.2 Å². The van der Waals surface area contributed by atoms with E-state index in [0.717, 1.165) is 40.9 Å². The van der Waals surface area contributed by atoms with E-state index in [4.69, 9.17) is 0 Å². The van der Waals surface area contributed by atoms with Crippen molar-refractivity contribution in [2.45, 2.75) is 19.3 Å². The Balaban J connectivity index is 1.56. The van der Waals surface area contributed by atoms with Crippen LogP contribution in [0.25, 0.3) is 10.9 Å². The second-order valence-corrected chi connectivity index (χ2v) is 6.53. The number of aryl methyl sites for hydroxylation is 1. The number of hydrogen-bond donors (Lipinski definition) is 2. The lowest BCUT2D eigenvalue weighted by Gasteiger charge is -2.16. The molecule has 1 fully saturated rings. The topological polar surface area (TPSA) is 73.9 Å². The number of benzene rings is 1. The Hall–Kier alpha value is -2.89. The predicted molar refractivity (Wildman–Crippen MR) is 97.9 cm³/mol. The zero-order chi connectivity index (χ0) is 17.4. The van der Waals surface area contributed by atoms with Crippen molar-refractivity contribution in [2.75, 3.05) is 25.5 Å². The number of aromatic nitrogens is 3. The molecule has 6 nitrogen and oxygen atoms in total. The van der Waals surface area contributed by atoms with E-state index in [1.807, 2.05) is 49.2 Å². The second kappa shape index (κ2) is 6.20. The third-order valence-corrected chi connectivity index (χ3v) is 4.83. The molecule has 3 heterocycles.